The summed E-state index contributed by atoms with van der Waals surface area (Å²) in [7, 11) is 0. The van der Waals surface area contributed by atoms with Gasteiger partial charge in [-0.15, -0.1) is 11.3 Å². The van der Waals surface area contributed by atoms with E-state index in [9.17, 15) is 14.7 Å². The highest BCUT2D eigenvalue weighted by Crippen LogP contribution is 2.30. The molecule has 1 atom stereocenters. The number of hydrogen-bond acceptors (Lipinski definition) is 5. The first-order valence-corrected chi connectivity index (χ1v) is 8.23. The molecule has 2 aromatic rings. The molecule has 1 N–H and O–H groups in total. The summed E-state index contributed by atoms with van der Waals surface area (Å²) in [6, 6.07) is 5.61. The predicted octanol–water partition coefficient (Wildman–Crippen LogP) is 2.07. The lowest BCUT2D eigenvalue weighted by molar-refractivity contribution is -0.147. The number of aromatic nitrogens is 2. The molecule has 120 valence electrons. The van der Waals surface area contributed by atoms with Crippen LogP contribution in [0.4, 0.5) is 0 Å². The summed E-state index contributed by atoms with van der Waals surface area (Å²) in [5.74, 6) is -0.924. The van der Waals surface area contributed by atoms with Gasteiger partial charge in [0, 0.05) is 24.7 Å². The van der Waals surface area contributed by atoms with E-state index < -0.39 is 11.4 Å². The van der Waals surface area contributed by atoms with Crippen LogP contribution >= 0.6 is 11.3 Å². The van der Waals surface area contributed by atoms with Gasteiger partial charge in [-0.25, -0.2) is 4.98 Å². The van der Waals surface area contributed by atoms with Gasteiger partial charge >= 0.3 is 5.97 Å². The number of hydrogen-bond donors (Lipinski definition) is 1. The molecule has 23 heavy (non-hydrogen) atoms. The first kappa shape index (κ1) is 15.6. The largest absolute Gasteiger partial charge is 0.481 e. The summed E-state index contributed by atoms with van der Waals surface area (Å²) in [5, 5.41) is 11.9. The van der Waals surface area contributed by atoms with Crippen LogP contribution in [0.3, 0.4) is 0 Å². The Hall–Kier alpha value is -2.28. The highest BCUT2D eigenvalue weighted by molar-refractivity contribution is 7.13. The molecule has 6 nitrogen and oxygen atoms in total. The molecule has 0 bridgehead atoms. The Bertz CT molecular complexity index is 731. The fourth-order valence-corrected chi connectivity index (χ4v) is 3.41. The topological polar surface area (TPSA) is 83.4 Å². The second-order valence-corrected chi connectivity index (χ2v) is 6.82. The van der Waals surface area contributed by atoms with Crippen molar-refractivity contribution in [1.29, 1.82) is 0 Å². The molecule has 0 spiro atoms. The molecular weight excluding hydrogens is 314 g/mol. The standard InChI is InChI=1S/C16H17N3O3S/c1-16(15(21)22)5-7-19(10-16)13(20)8-11-9-23-14(18-11)12-4-2-3-6-17-12/h2-4,6,9H,5,7-8,10H2,1H3,(H,21,22). The van der Waals surface area contributed by atoms with E-state index >= 15 is 0 Å². The van der Waals surface area contributed by atoms with Gasteiger partial charge in [0.1, 0.15) is 5.01 Å². The van der Waals surface area contributed by atoms with E-state index in [0.29, 0.717) is 18.7 Å². The molecule has 1 fully saturated rings. The Morgan fingerprint density at radius 1 is 1.43 bits per heavy atom. The number of pyridine rings is 1. The maximum atomic E-state index is 12.4. The fourth-order valence-electron chi connectivity index (χ4n) is 2.61. The number of nitrogens with zero attached hydrogens (tertiary/aromatic N) is 3. The van der Waals surface area contributed by atoms with Crippen molar-refractivity contribution in [3.63, 3.8) is 0 Å². The molecule has 1 saturated heterocycles. The van der Waals surface area contributed by atoms with Crippen LogP contribution in [0, 0.1) is 5.41 Å². The lowest BCUT2D eigenvalue weighted by Gasteiger charge is -2.19. The molecular formula is C16H17N3O3S. The zero-order chi connectivity index (χ0) is 16.4. The van der Waals surface area contributed by atoms with Gasteiger partial charge in [0.25, 0.3) is 0 Å². The van der Waals surface area contributed by atoms with Gasteiger partial charge in [-0.1, -0.05) is 6.07 Å². The Morgan fingerprint density at radius 2 is 2.26 bits per heavy atom. The summed E-state index contributed by atoms with van der Waals surface area (Å²) in [6.07, 6.45) is 2.39. The molecule has 0 saturated carbocycles. The van der Waals surface area contributed by atoms with Crippen molar-refractivity contribution in [3.05, 3.63) is 35.5 Å². The fraction of sp³-hybridized carbons (Fsp3) is 0.375. The Labute approximate surface area is 137 Å². The maximum Gasteiger partial charge on any atom is 0.311 e. The van der Waals surface area contributed by atoms with Gasteiger partial charge < -0.3 is 10.0 Å². The molecule has 1 aliphatic rings. The van der Waals surface area contributed by atoms with Crippen LogP contribution in [0.25, 0.3) is 10.7 Å². The Morgan fingerprint density at radius 3 is 2.91 bits per heavy atom. The molecule has 1 unspecified atom stereocenters. The Balaban J connectivity index is 1.66. The zero-order valence-electron chi connectivity index (χ0n) is 12.7. The number of rotatable bonds is 4. The van der Waals surface area contributed by atoms with Crippen molar-refractivity contribution in [2.75, 3.05) is 13.1 Å². The Kier molecular flexibility index (Phi) is 4.12. The first-order valence-electron chi connectivity index (χ1n) is 7.35. The van der Waals surface area contributed by atoms with Gasteiger partial charge in [0.2, 0.25) is 5.91 Å². The normalized spacial score (nSPS) is 20.7. The molecule has 1 amide bonds. The van der Waals surface area contributed by atoms with Crippen molar-refractivity contribution in [1.82, 2.24) is 14.9 Å². The molecule has 2 aromatic heterocycles. The number of carbonyl (C=O) groups is 2. The van der Waals surface area contributed by atoms with Gasteiger partial charge in [-0.2, -0.15) is 0 Å². The SMILES string of the molecule is CC1(C(=O)O)CCN(C(=O)Cc2csc(-c3ccccn3)n2)C1. The minimum absolute atomic E-state index is 0.0761. The summed E-state index contributed by atoms with van der Waals surface area (Å²) >= 11 is 1.45. The van der Waals surface area contributed by atoms with Crippen LogP contribution in [0.2, 0.25) is 0 Å². The van der Waals surface area contributed by atoms with E-state index in [0.717, 1.165) is 10.7 Å². The summed E-state index contributed by atoms with van der Waals surface area (Å²) in [4.78, 5) is 33.9. The van der Waals surface area contributed by atoms with E-state index in [2.05, 4.69) is 9.97 Å². The minimum Gasteiger partial charge on any atom is -0.481 e. The third kappa shape index (κ3) is 3.24. The van der Waals surface area contributed by atoms with Crippen molar-refractivity contribution in [2.24, 2.45) is 5.41 Å². The van der Waals surface area contributed by atoms with E-state index in [1.165, 1.54) is 11.3 Å². The number of amides is 1. The lowest BCUT2D eigenvalue weighted by Crippen LogP contribution is -2.35. The first-order chi connectivity index (χ1) is 11.0. The van der Waals surface area contributed by atoms with Crippen LogP contribution in [0.15, 0.2) is 29.8 Å². The zero-order valence-corrected chi connectivity index (χ0v) is 13.5. The van der Waals surface area contributed by atoms with Gasteiger partial charge in [-0.05, 0) is 25.5 Å². The van der Waals surface area contributed by atoms with E-state index in [1.54, 1.807) is 18.0 Å². The minimum atomic E-state index is -0.848. The number of carboxylic acids is 1. The quantitative estimate of drug-likeness (QED) is 0.927. The van der Waals surface area contributed by atoms with E-state index in [4.69, 9.17) is 0 Å². The van der Waals surface area contributed by atoms with Crippen LogP contribution in [-0.2, 0) is 16.0 Å². The number of likely N-dealkylation sites (tertiary alicyclic amines) is 1. The van der Waals surface area contributed by atoms with Crippen molar-refractivity contribution < 1.29 is 14.7 Å². The average molecular weight is 331 g/mol. The van der Waals surface area contributed by atoms with Gasteiger partial charge in [0.15, 0.2) is 0 Å². The monoisotopic (exact) mass is 331 g/mol. The molecule has 1 aliphatic heterocycles. The predicted molar refractivity (Wildman–Crippen MR) is 86.0 cm³/mol. The van der Waals surface area contributed by atoms with Crippen molar-refractivity contribution >= 4 is 23.2 Å². The summed E-state index contributed by atoms with van der Waals surface area (Å²) in [6.45, 7) is 2.43. The maximum absolute atomic E-state index is 12.4. The van der Waals surface area contributed by atoms with Crippen LogP contribution < -0.4 is 0 Å². The van der Waals surface area contributed by atoms with E-state index in [-0.39, 0.29) is 18.9 Å². The molecule has 0 aromatic carbocycles. The highest BCUT2D eigenvalue weighted by atomic mass is 32.1. The highest BCUT2D eigenvalue weighted by Gasteiger charge is 2.42. The lowest BCUT2D eigenvalue weighted by atomic mass is 9.90. The number of carbonyl (C=O) groups excluding carboxylic acids is 1. The summed E-state index contributed by atoms with van der Waals surface area (Å²) in [5.41, 5.74) is 0.650. The smallest absolute Gasteiger partial charge is 0.311 e. The van der Waals surface area contributed by atoms with E-state index in [1.807, 2.05) is 23.6 Å². The van der Waals surface area contributed by atoms with Crippen LogP contribution in [-0.4, -0.2) is 44.9 Å². The van der Waals surface area contributed by atoms with Gasteiger partial charge in [-0.3, -0.25) is 14.6 Å². The van der Waals surface area contributed by atoms with Crippen molar-refractivity contribution in [2.45, 2.75) is 19.8 Å². The molecule has 3 rings (SSSR count). The molecule has 0 aliphatic carbocycles. The third-order valence-electron chi connectivity index (χ3n) is 4.11. The summed E-state index contributed by atoms with van der Waals surface area (Å²) < 4.78 is 0. The average Bonchev–Trinajstić information content (AvgIpc) is 3.16. The van der Waals surface area contributed by atoms with Crippen LogP contribution in [0.5, 0.6) is 0 Å². The molecule has 3 heterocycles. The van der Waals surface area contributed by atoms with Crippen molar-refractivity contribution in [3.8, 4) is 10.7 Å². The number of carboxylic acid groups (broad SMARTS) is 1. The molecule has 7 heteroatoms. The van der Waals surface area contributed by atoms with Crippen LogP contribution in [0.1, 0.15) is 19.0 Å². The number of thiazole rings is 1. The molecule has 0 radical (unpaired) electrons. The third-order valence-corrected chi connectivity index (χ3v) is 5.02. The van der Waals surface area contributed by atoms with Gasteiger partial charge in [0.05, 0.1) is 23.2 Å². The second kappa shape index (κ2) is 6.08. The second-order valence-electron chi connectivity index (χ2n) is 5.97. The number of aliphatic carboxylic acids is 1.